The van der Waals surface area contributed by atoms with Crippen LogP contribution in [0.3, 0.4) is 0 Å². The first-order valence-electron chi connectivity index (χ1n) is 4.60. The molecule has 1 aromatic rings. The molecule has 1 N–H and O–H groups in total. The van der Waals surface area contributed by atoms with Crippen LogP contribution in [0, 0.1) is 0 Å². The average molecular weight is 198 g/mol. The fourth-order valence-electron chi connectivity index (χ4n) is 1.62. The van der Waals surface area contributed by atoms with Crippen molar-refractivity contribution in [3.63, 3.8) is 0 Å². The molecule has 0 atom stereocenters. The van der Waals surface area contributed by atoms with Gasteiger partial charge < -0.3 is 5.32 Å². The Kier molecular flexibility index (Phi) is 2.36. The van der Waals surface area contributed by atoms with Crippen LogP contribution < -0.4 is 5.32 Å². The number of aromatic nitrogens is 2. The topological polar surface area (TPSA) is 37.8 Å². The van der Waals surface area contributed by atoms with E-state index in [1.807, 2.05) is 6.92 Å². The molecule has 13 heavy (non-hydrogen) atoms. The maximum atomic E-state index is 6.02. The van der Waals surface area contributed by atoms with E-state index in [1.165, 1.54) is 0 Å². The molecule has 0 radical (unpaired) electrons. The lowest BCUT2D eigenvalue weighted by atomic mass is 10.3. The van der Waals surface area contributed by atoms with Crippen LogP contribution in [0.15, 0.2) is 0 Å². The SMILES string of the molecule is CCNc1nc(Cl)c2c(n1)CCC2. The molecule has 0 saturated heterocycles. The van der Waals surface area contributed by atoms with Crippen LogP contribution in [0.4, 0.5) is 5.95 Å². The molecular formula is C9H12ClN3. The molecule has 70 valence electrons. The molecule has 0 unspecified atom stereocenters. The highest BCUT2D eigenvalue weighted by Crippen LogP contribution is 2.26. The number of nitrogens with one attached hydrogen (secondary N) is 1. The molecule has 0 aliphatic heterocycles. The van der Waals surface area contributed by atoms with E-state index >= 15 is 0 Å². The minimum absolute atomic E-state index is 0.624. The van der Waals surface area contributed by atoms with E-state index in [4.69, 9.17) is 11.6 Å². The molecule has 1 aromatic heterocycles. The van der Waals surface area contributed by atoms with Crippen LogP contribution in [-0.2, 0) is 12.8 Å². The van der Waals surface area contributed by atoms with E-state index in [-0.39, 0.29) is 0 Å². The highest BCUT2D eigenvalue weighted by atomic mass is 35.5. The largest absolute Gasteiger partial charge is 0.354 e. The highest BCUT2D eigenvalue weighted by Gasteiger charge is 2.17. The smallest absolute Gasteiger partial charge is 0.224 e. The van der Waals surface area contributed by atoms with Gasteiger partial charge in [-0.2, -0.15) is 0 Å². The Morgan fingerprint density at radius 3 is 3.00 bits per heavy atom. The van der Waals surface area contributed by atoms with Gasteiger partial charge in [0.05, 0.1) is 5.69 Å². The molecule has 2 rings (SSSR count). The quantitative estimate of drug-likeness (QED) is 0.738. The second-order valence-electron chi connectivity index (χ2n) is 3.15. The van der Waals surface area contributed by atoms with Gasteiger partial charge in [-0.15, -0.1) is 0 Å². The zero-order valence-corrected chi connectivity index (χ0v) is 8.36. The Hall–Kier alpha value is -0.830. The Morgan fingerprint density at radius 1 is 1.38 bits per heavy atom. The summed E-state index contributed by atoms with van der Waals surface area (Å²) >= 11 is 6.02. The molecule has 4 heteroatoms. The van der Waals surface area contributed by atoms with E-state index in [1.54, 1.807) is 0 Å². The summed E-state index contributed by atoms with van der Waals surface area (Å²) in [7, 11) is 0. The van der Waals surface area contributed by atoms with Crippen LogP contribution in [-0.4, -0.2) is 16.5 Å². The van der Waals surface area contributed by atoms with E-state index in [2.05, 4.69) is 15.3 Å². The molecule has 0 spiro atoms. The highest BCUT2D eigenvalue weighted by molar-refractivity contribution is 6.30. The van der Waals surface area contributed by atoms with Gasteiger partial charge in [0.25, 0.3) is 0 Å². The van der Waals surface area contributed by atoms with E-state index in [0.717, 1.165) is 37.1 Å². The predicted octanol–water partition coefficient (Wildman–Crippen LogP) is 2.05. The van der Waals surface area contributed by atoms with Gasteiger partial charge in [-0.25, -0.2) is 9.97 Å². The van der Waals surface area contributed by atoms with Gasteiger partial charge >= 0.3 is 0 Å². The van der Waals surface area contributed by atoms with Crippen LogP contribution >= 0.6 is 11.6 Å². The summed E-state index contributed by atoms with van der Waals surface area (Å²) in [5.41, 5.74) is 2.26. The number of fused-ring (bicyclic) bond motifs is 1. The van der Waals surface area contributed by atoms with Gasteiger partial charge in [0, 0.05) is 12.1 Å². The lowest BCUT2D eigenvalue weighted by Gasteiger charge is -2.05. The Morgan fingerprint density at radius 2 is 2.23 bits per heavy atom. The minimum Gasteiger partial charge on any atom is -0.354 e. The van der Waals surface area contributed by atoms with Crippen LogP contribution in [0.2, 0.25) is 5.15 Å². The lowest BCUT2D eigenvalue weighted by molar-refractivity contribution is 0.899. The summed E-state index contributed by atoms with van der Waals surface area (Å²) in [6, 6.07) is 0. The van der Waals surface area contributed by atoms with E-state index < -0.39 is 0 Å². The summed E-state index contributed by atoms with van der Waals surface area (Å²) in [6.45, 7) is 2.85. The Balaban J connectivity index is 2.37. The third-order valence-corrected chi connectivity index (χ3v) is 2.53. The van der Waals surface area contributed by atoms with E-state index in [9.17, 15) is 0 Å². The standard InChI is InChI=1S/C9H12ClN3/c1-2-11-9-12-7-5-3-4-6(7)8(10)13-9/h2-5H2,1H3,(H,11,12,13). The first kappa shape index (κ1) is 8.75. The predicted molar refractivity (Wildman–Crippen MR) is 53.2 cm³/mol. The summed E-state index contributed by atoms with van der Waals surface area (Å²) in [6.07, 6.45) is 3.22. The van der Waals surface area contributed by atoms with Gasteiger partial charge in [-0.3, -0.25) is 0 Å². The summed E-state index contributed by atoms with van der Waals surface area (Å²) in [5.74, 6) is 0.660. The number of aryl methyl sites for hydroxylation is 1. The minimum atomic E-state index is 0.624. The molecule has 0 amide bonds. The van der Waals surface area contributed by atoms with Crippen molar-refractivity contribution in [2.75, 3.05) is 11.9 Å². The van der Waals surface area contributed by atoms with Crippen molar-refractivity contribution < 1.29 is 0 Å². The third-order valence-electron chi connectivity index (χ3n) is 2.22. The monoisotopic (exact) mass is 197 g/mol. The first-order chi connectivity index (χ1) is 6.31. The van der Waals surface area contributed by atoms with Crippen LogP contribution in [0.1, 0.15) is 24.6 Å². The molecule has 3 nitrogen and oxygen atoms in total. The molecule has 0 bridgehead atoms. The second-order valence-corrected chi connectivity index (χ2v) is 3.51. The van der Waals surface area contributed by atoms with Gasteiger partial charge in [0.15, 0.2) is 0 Å². The molecule has 1 aliphatic carbocycles. The summed E-state index contributed by atoms with van der Waals surface area (Å²) < 4.78 is 0. The van der Waals surface area contributed by atoms with Crippen molar-refractivity contribution in [3.8, 4) is 0 Å². The molecule has 1 heterocycles. The van der Waals surface area contributed by atoms with E-state index in [0.29, 0.717) is 11.1 Å². The van der Waals surface area contributed by atoms with Crippen molar-refractivity contribution >= 4 is 17.5 Å². The molecular weight excluding hydrogens is 186 g/mol. The van der Waals surface area contributed by atoms with Crippen molar-refractivity contribution in [2.45, 2.75) is 26.2 Å². The average Bonchev–Trinajstić information content (AvgIpc) is 2.53. The summed E-state index contributed by atoms with van der Waals surface area (Å²) in [5, 5.41) is 3.69. The maximum absolute atomic E-state index is 6.02. The lowest BCUT2D eigenvalue weighted by Crippen LogP contribution is -2.04. The molecule has 0 aromatic carbocycles. The van der Waals surface area contributed by atoms with Crippen LogP contribution in [0.5, 0.6) is 0 Å². The van der Waals surface area contributed by atoms with Crippen molar-refractivity contribution in [1.29, 1.82) is 0 Å². The first-order valence-corrected chi connectivity index (χ1v) is 4.98. The molecule has 0 saturated carbocycles. The number of hydrogen-bond acceptors (Lipinski definition) is 3. The Bertz CT molecular complexity index is 325. The Labute approximate surface area is 82.5 Å². The van der Waals surface area contributed by atoms with Gasteiger partial charge in [0.2, 0.25) is 5.95 Å². The van der Waals surface area contributed by atoms with Crippen molar-refractivity contribution in [1.82, 2.24) is 9.97 Å². The number of nitrogens with zero attached hydrogens (tertiary/aromatic N) is 2. The normalized spacial score (nSPS) is 14.3. The van der Waals surface area contributed by atoms with Gasteiger partial charge in [-0.1, -0.05) is 11.6 Å². The number of halogens is 1. The number of hydrogen-bond donors (Lipinski definition) is 1. The number of rotatable bonds is 2. The maximum Gasteiger partial charge on any atom is 0.224 e. The summed E-state index contributed by atoms with van der Waals surface area (Å²) in [4.78, 5) is 8.57. The fraction of sp³-hybridized carbons (Fsp3) is 0.556. The zero-order valence-electron chi connectivity index (χ0n) is 7.60. The van der Waals surface area contributed by atoms with Gasteiger partial charge in [-0.05, 0) is 26.2 Å². The van der Waals surface area contributed by atoms with Crippen LogP contribution in [0.25, 0.3) is 0 Å². The molecule has 1 aliphatic rings. The van der Waals surface area contributed by atoms with Crippen molar-refractivity contribution in [2.24, 2.45) is 0 Å². The third kappa shape index (κ3) is 1.61. The second kappa shape index (κ2) is 3.50. The fourth-order valence-corrected chi connectivity index (χ4v) is 1.91. The number of anilines is 1. The zero-order chi connectivity index (χ0) is 9.26. The molecule has 0 fully saturated rings. The van der Waals surface area contributed by atoms with Crippen molar-refractivity contribution in [3.05, 3.63) is 16.4 Å². The van der Waals surface area contributed by atoms with Gasteiger partial charge in [0.1, 0.15) is 5.15 Å².